The molecule has 3 aliphatic heterocycles. The second kappa shape index (κ2) is 8.65. The van der Waals surface area contributed by atoms with Gasteiger partial charge in [0, 0.05) is 59.5 Å². The first-order valence-corrected chi connectivity index (χ1v) is 17.7. The molecule has 2 aromatic heterocycles. The lowest BCUT2D eigenvalue weighted by Gasteiger charge is -2.12. The van der Waals surface area contributed by atoms with Crippen LogP contribution in [0.4, 0.5) is 5.69 Å². The van der Waals surface area contributed by atoms with E-state index in [1.54, 1.807) is 5.75 Å². The molecule has 0 saturated carbocycles. The van der Waals surface area contributed by atoms with Crippen LogP contribution < -0.4 is 5.73 Å². The van der Waals surface area contributed by atoms with E-state index >= 15 is 0 Å². The molecule has 4 atom stereocenters. The van der Waals surface area contributed by atoms with Gasteiger partial charge in [-0.25, -0.2) is 15.0 Å². The van der Waals surface area contributed by atoms with Crippen molar-refractivity contribution in [1.29, 1.82) is 0 Å². The molecule has 4 unspecified atom stereocenters. The highest BCUT2D eigenvalue weighted by Crippen LogP contribution is 3.09. The lowest BCUT2D eigenvalue weighted by molar-refractivity contribution is 0.675. The molecule has 4 aromatic carbocycles. The number of hydrogen-bond donors (Lipinski definition) is 2. The summed E-state index contributed by atoms with van der Waals surface area (Å²) in [7, 11) is 0.0696. The fourth-order valence-electron chi connectivity index (χ4n) is 7.77. The van der Waals surface area contributed by atoms with Crippen molar-refractivity contribution >= 4 is 80.8 Å². The quantitative estimate of drug-likeness (QED) is 0.0770. The highest BCUT2D eigenvalue weighted by Gasteiger charge is 2.93. The summed E-state index contributed by atoms with van der Waals surface area (Å²) in [6.45, 7) is 2.25. The van der Waals surface area contributed by atoms with Gasteiger partial charge in [-0.15, -0.1) is 0 Å². The maximum absolute atomic E-state index is 6.27. The van der Waals surface area contributed by atoms with Gasteiger partial charge in [-0.3, -0.25) is 0 Å². The summed E-state index contributed by atoms with van der Waals surface area (Å²) in [5, 5.41) is 9.51. The number of nitrogens with one attached hydrogen (secondary N) is 1. The number of nitrogens with two attached hydrogens (primary N) is 1. The number of aromatic amines is 1. The van der Waals surface area contributed by atoms with Crippen LogP contribution in [-0.4, -0.2) is 36.0 Å². The van der Waals surface area contributed by atoms with E-state index in [9.17, 15) is 0 Å². The van der Waals surface area contributed by atoms with Gasteiger partial charge in [-0.2, -0.15) is 0 Å². The smallest absolute Gasteiger partial charge is 0.140 e. The number of anilines is 1. The van der Waals surface area contributed by atoms with E-state index in [0.717, 1.165) is 56.1 Å². The van der Waals surface area contributed by atoms with Crippen molar-refractivity contribution in [3.8, 4) is 11.4 Å². The predicted octanol–water partition coefficient (Wildman–Crippen LogP) is 9.60. The van der Waals surface area contributed by atoms with E-state index in [-0.39, 0.29) is 10.0 Å². The van der Waals surface area contributed by atoms with E-state index in [0.29, 0.717) is 0 Å². The van der Waals surface area contributed by atoms with Crippen LogP contribution in [0.25, 0.3) is 60.6 Å². The standard InChI is InChI=1S/C35H33BrN4S/c1-2-7-22(8-3-6-11-30-34-31-19-41(30,31)34)40-18-28(26-16-20(36)12-15-29(26)40)35-38-32-25-10-5-4-9-23(25)24-14-13-21(37)17-27(24)33(32)39-35/h4-5,7,9-10,12-18,30-31,34H,2-3,6,8,11,19,37H2,1H3,(H,38,39)/b22-7-. The number of aromatic nitrogens is 3. The minimum atomic E-state index is 0.0696. The van der Waals surface area contributed by atoms with Crippen LogP contribution >= 0.6 is 26.0 Å². The summed E-state index contributed by atoms with van der Waals surface area (Å²) in [4.78, 5) is 9.02. The Hall–Kier alpha value is -3.22. The van der Waals surface area contributed by atoms with Gasteiger partial charge in [0.2, 0.25) is 0 Å². The van der Waals surface area contributed by atoms with Gasteiger partial charge in [0.25, 0.3) is 0 Å². The Kier molecular flexibility index (Phi) is 5.14. The third-order valence-corrected chi connectivity index (χ3v) is 15.3. The summed E-state index contributed by atoms with van der Waals surface area (Å²) in [6, 6.07) is 21.4. The van der Waals surface area contributed by atoms with Crippen LogP contribution in [0.3, 0.4) is 0 Å². The molecular weight excluding hydrogens is 588 g/mol. The van der Waals surface area contributed by atoms with Gasteiger partial charge in [-0.1, -0.05) is 65.7 Å². The predicted molar refractivity (Wildman–Crippen MR) is 181 cm³/mol. The molecule has 6 heteroatoms. The number of imidazole rings is 1. The average molecular weight is 622 g/mol. The molecule has 0 radical (unpaired) electrons. The van der Waals surface area contributed by atoms with Crippen molar-refractivity contribution in [3.05, 3.63) is 77.4 Å². The molecule has 4 nitrogen and oxygen atoms in total. The summed E-state index contributed by atoms with van der Waals surface area (Å²) in [5.41, 5.74) is 12.8. The Labute approximate surface area is 249 Å². The van der Waals surface area contributed by atoms with Crippen molar-refractivity contribution in [3.63, 3.8) is 0 Å². The Balaban J connectivity index is 1.15. The van der Waals surface area contributed by atoms with Crippen molar-refractivity contribution in [2.75, 3.05) is 11.5 Å². The van der Waals surface area contributed by atoms with Gasteiger partial charge < -0.3 is 15.3 Å². The van der Waals surface area contributed by atoms with E-state index in [2.05, 4.69) is 99.3 Å². The maximum Gasteiger partial charge on any atom is 0.140 e. The number of allylic oxidation sites excluding steroid dienone is 2. The lowest BCUT2D eigenvalue weighted by Crippen LogP contribution is -2.01. The zero-order valence-electron chi connectivity index (χ0n) is 23.2. The highest BCUT2D eigenvalue weighted by atomic mass is 79.9. The Morgan fingerprint density at radius 1 is 1.05 bits per heavy atom. The number of rotatable bonds is 8. The molecule has 3 N–H and O–H groups in total. The third kappa shape index (κ3) is 3.50. The highest BCUT2D eigenvalue weighted by molar-refractivity contribution is 9.10. The van der Waals surface area contributed by atoms with Crippen LogP contribution in [0.1, 0.15) is 39.0 Å². The number of benzene rings is 4. The first-order chi connectivity index (χ1) is 20.1. The van der Waals surface area contributed by atoms with E-state index in [4.69, 9.17) is 10.7 Å². The topological polar surface area (TPSA) is 59.6 Å². The molecule has 0 amide bonds. The van der Waals surface area contributed by atoms with Crippen LogP contribution in [-0.2, 0) is 0 Å². The fourth-order valence-corrected chi connectivity index (χ4v) is 13.5. The van der Waals surface area contributed by atoms with Crippen LogP contribution in [0.2, 0.25) is 0 Å². The average Bonchev–Trinajstić information content (AvgIpc) is 3.85. The lowest BCUT2D eigenvalue weighted by atomic mass is 9.99. The molecule has 1 spiro atoms. The van der Waals surface area contributed by atoms with E-state index < -0.39 is 0 Å². The number of fused-ring (bicyclic) bond motifs is 8. The number of H-pyrrole nitrogens is 1. The minimum Gasteiger partial charge on any atom is -0.399 e. The number of hydrogen-bond acceptors (Lipinski definition) is 2. The summed E-state index contributed by atoms with van der Waals surface area (Å²) in [5.74, 6) is 2.53. The van der Waals surface area contributed by atoms with E-state index in [1.165, 1.54) is 62.5 Å². The molecule has 5 heterocycles. The first-order valence-electron chi connectivity index (χ1n) is 15.0. The van der Waals surface area contributed by atoms with Gasteiger partial charge in [-0.05, 0) is 72.5 Å². The van der Waals surface area contributed by atoms with E-state index in [1.807, 2.05) is 6.07 Å². The molecule has 0 aliphatic carbocycles. The normalized spacial score (nSPS) is 25.9. The van der Waals surface area contributed by atoms with Gasteiger partial charge >= 0.3 is 0 Å². The third-order valence-electron chi connectivity index (χ3n) is 9.98. The molecule has 0 bridgehead atoms. The maximum atomic E-state index is 6.27. The molecule has 9 rings (SSSR count). The van der Waals surface area contributed by atoms with Crippen molar-refractivity contribution in [2.24, 2.45) is 0 Å². The Morgan fingerprint density at radius 2 is 1.88 bits per heavy atom. The van der Waals surface area contributed by atoms with Crippen molar-refractivity contribution in [1.82, 2.24) is 14.5 Å². The molecule has 6 aromatic rings. The van der Waals surface area contributed by atoms with Gasteiger partial charge in [0.05, 0.1) is 16.6 Å². The van der Waals surface area contributed by atoms with Crippen LogP contribution in [0.15, 0.2) is 77.4 Å². The SMILES string of the molecule is CC/C=C(/CCCCC1C2C3CS132)n1cc(-c2nc3c4cc(N)ccc4c4ccccc4c3[nH]2)c2cc(Br)ccc21. The van der Waals surface area contributed by atoms with Crippen LogP contribution in [0, 0.1) is 0 Å². The number of halogens is 1. The summed E-state index contributed by atoms with van der Waals surface area (Å²) in [6.07, 6.45) is 11.0. The van der Waals surface area contributed by atoms with Gasteiger partial charge in [0.15, 0.2) is 0 Å². The molecule has 3 aliphatic rings. The number of nitrogen functional groups attached to an aromatic ring is 1. The molecular formula is C35H33BrN4S. The fraction of sp³-hybridized carbons (Fsp3) is 0.286. The van der Waals surface area contributed by atoms with Crippen LogP contribution in [0.5, 0.6) is 0 Å². The van der Waals surface area contributed by atoms with Crippen molar-refractivity contribution in [2.45, 2.75) is 54.8 Å². The zero-order valence-corrected chi connectivity index (χ0v) is 25.6. The van der Waals surface area contributed by atoms with Gasteiger partial charge in [0.1, 0.15) is 5.82 Å². The number of unbranched alkanes of at least 4 members (excludes halogenated alkanes) is 1. The number of nitrogens with zero attached hydrogens (tertiary/aromatic N) is 2. The molecule has 3 fully saturated rings. The zero-order chi connectivity index (χ0) is 27.5. The molecule has 41 heavy (non-hydrogen) atoms. The van der Waals surface area contributed by atoms with Crippen molar-refractivity contribution < 1.29 is 0 Å². The molecule has 3 saturated heterocycles. The Morgan fingerprint density at radius 3 is 2.68 bits per heavy atom. The summed E-state index contributed by atoms with van der Waals surface area (Å²) < 4.78 is 3.50. The minimum absolute atomic E-state index is 0.0696. The second-order valence-electron chi connectivity index (χ2n) is 12.2. The summed E-state index contributed by atoms with van der Waals surface area (Å²) >= 11 is 3.74. The Bertz CT molecular complexity index is 2090. The molecule has 206 valence electrons. The first kappa shape index (κ1) is 24.4. The largest absolute Gasteiger partial charge is 0.399 e. The monoisotopic (exact) mass is 620 g/mol. The second-order valence-corrected chi connectivity index (χ2v) is 17.0.